The Hall–Kier alpha value is -2.23. The Balaban J connectivity index is 1.85. The minimum Gasteiger partial charge on any atom is -0.330 e. The van der Waals surface area contributed by atoms with Crippen molar-refractivity contribution in [1.29, 1.82) is 0 Å². The van der Waals surface area contributed by atoms with E-state index in [1.807, 2.05) is 30.0 Å². The molecule has 2 heterocycles. The fourth-order valence-corrected chi connectivity index (χ4v) is 2.68. The number of aryl methyl sites for hydroxylation is 1. The van der Waals surface area contributed by atoms with Gasteiger partial charge in [0.25, 0.3) is 5.91 Å². The van der Waals surface area contributed by atoms with Gasteiger partial charge < -0.3 is 4.90 Å². The second-order valence-corrected chi connectivity index (χ2v) is 5.11. The first-order valence-electron chi connectivity index (χ1n) is 6.90. The van der Waals surface area contributed by atoms with Gasteiger partial charge in [0.1, 0.15) is 5.69 Å². The summed E-state index contributed by atoms with van der Waals surface area (Å²) in [4.78, 5) is 22.8. The molecule has 1 amide bonds. The Labute approximate surface area is 118 Å². The summed E-state index contributed by atoms with van der Waals surface area (Å²) < 4.78 is 0. The number of benzene rings is 1. The molecule has 1 aliphatic rings. The van der Waals surface area contributed by atoms with Crippen LogP contribution in [0.3, 0.4) is 0 Å². The van der Waals surface area contributed by atoms with Gasteiger partial charge in [-0.05, 0) is 25.3 Å². The number of carbonyl (C=O) groups excluding carboxylic acids is 1. The second kappa shape index (κ2) is 5.41. The van der Waals surface area contributed by atoms with E-state index in [4.69, 9.17) is 0 Å². The highest BCUT2D eigenvalue weighted by Gasteiger charge is 2.31. The summed E-state index contributed by atoms with van der Waals surface area (Å²) in [6.45, 7) is 2.65. The molecule has 0 saturated carbocycles. The fourth-order valence-electron chi connectivity index (χ4n) is 2.68. The molecule has 0 bridgehead atoms. The van der Waals surface area contributed by atoms with Crippen LogP contribution in [-0.4, -0.2) is 27.3 Å². The molecule has 1 saturated heterocycles. The van der Waals surface area contributed by atoms with Crippen molar-refractivity contribution in [2.75, 3.05) is 6.54 Å². The normalized spacial score (nSPS) is 18.2. The maximum atomic E-state index is 12.6. The number of rotatable bonds is 2. The molecular formula is C16H17N3O. The quantitative estimate of drug-likeness (QED) is 0.840. The number of hydrogen-bond acceptors (Lipinski definition) is 3. The van der Waals surface area contributed by atoms with E-state index < -0.39 is 0 Å². The van der Waals surface area contributed by atoms with E-state index in [0.717, 1.165) is 25.1 Å². The molecule has 102 valence electrons. The van der Waals surface area contributed by atoms with Crippen molar-refractivity contribution in [3.8, 4) is 0 Å². The highest BCUT2D eigenvalue weighted by atomic mass is 16.2. The van der Waals surface area contributed by atoms with Gasteiger partial charge >= 0.3 is 0 Å². The van der Waals surface area contributed by atoms with E-state index in [9.17, 15) is 4.79 Å². The highest BCUT2D eigenvalue weighted by molar-refractivity contribution is 5.92. The Morgan fingerprint density at radius 3 is 2.70 bits per heavy atom. The molecule has 3 rings (SSSR count). The van der Waals surface area contributed by atoms with Gasteiger partial charge in [-0.2, -0.15) is 0 Å². The predicted octanol–water partition coefficient (Wildman–Crippen LogP) is 2.76. The van der Waals surface area contributed by atoms with E-state index in [-0.39, 0.29) is 11.9 Å². The van der Waals surface area contributed by atoms with E-state index in [0.29, 0.717) is 5.69 Å². The number of nitrogens with zero attached hydrogens (tertiary/aromatic N) is 3. The Morgan fingerprint density at radius 1 is 1.20 bits per heavy atom. The summed E-state index contributed by atoms with van der Waals surface area (Å²) in [5, 5.41) is 0. The minimum atomic E-state index is -0.0242. The monoisotopic (exact) mass is 267 g/mol. The Bertz CT molecular complexity index is 595. The van der Waals surface area contributed by atoms with Crippen LogP contribution in [0.15, 0.2) is 42.7 Å². The predicted molar refractivity (Wildman–Crippen MR) is 76.2 cm³/mol. The number of aromatic nitrogens is 2. The average molecular weight is 267 g/mol. The lowest BCUT2D eigenvalue weighted by molar-refractivity contribution is 0.0729. The van der Waals surface area contributed by atoms with Crippen molar-refractivity contribution in [3.05, 3.63) is 59.7 Å². The van der Waals surface area contributed by atoms with Crippen LogP contribution in [0.5, 0.6) is 0 Å². The lowest BCUT2D eigenvalue weighted by atomic mass is 10.0. The van der Waals surface area contributed by atoms with Crippen LogP contribution in [0.4, 0.5) is 0 Å². The first-order valence-corrected chi connectivity index (χ1v) is 6.90. The lowest BCUT2D eigenvalue weighted by Crippen LogP contribution is -2.31. The topological polar surface area (TPSA) is 46.1 Å². The number of hydrogen-bond donors (Lipinski definition) is 0. The van der Waals surface area contributed by atoms with Crippen LogP contribution in [0, 0.1) is 6.92 Å². The first-order chi connectivity index (χ1) is 9.75. The molecule has 20 heavy (non-hydrogen) atoms. The molecule has 0 spiro atoms. The van der Waals surface area contributed by atoms with Gasteiger partial charge in [-0.1, -0.05) is 30.3 Å². The SMILES string of the molecule is Cc1cnc(C(=O)N2CCC[C@H]2c2ccccc2)cn1. The number of likely N-dealkylation sites (tertiary alicyclic amines) is 1. The van der Waals surface area contributed by atoms with Crippen LogP contribution < -0.4 is 0 Å². The zero-order valence-electron chi connectivity index (χ0n) is 11.5. The summed E-state index contributed by atoms with van der Waals surface area (Å²) in [7, 11) is 0. The van der Waals surface area contributed by atoms with Crippen LogP contribution in [0.25, 0.3) is 0 Å². The first kappa shape index (κ1) is 12.8. The second-order valence-electron chi connectivity index (χ2n) is 5.11. The summed E-state index contributed by atoms with van der Waals surface area (Å²) in [6, 6.07) is 10.3. The standard InChI is InChI=1S/C16H17N3O/c1-12-10-18-14(11-17-12)16(20)19-9-5-8-15(19)13-6-3-2-4-7-13/h2-4,6-7,10-11,15H,5,8-9H2,1H3/t15-/m0/s1. The molecule has 1 atom stereocenters. The third-order valence-electron chi connectivity index (χ3n) is 3.70. The van der Waals surface area contributed by atoms with Crippen LogP contribution in [-0.2, 0) is 0 Å². The molecule has 2 aromatic rings. The Kier molecular flexibility index (Phi) is 3.46. The van der Waals surface area contributed by atoms with E-state index >= 15 is 0 Å². The molecule has 1 aromatic heterocycles. The van der Waals surface area contributed by atoms with Crippen molar-refractivity contribution in [3.63, 3.8) is 0 Å². The molecule has 0 radical (unpaired) electrons. The van der Waals surface area contributed by atoms with Crippen molar-refractivity contribution < 1.29 is 4.79 Å². The van der Waals surface area contributed by atoms with E-state index in [1.165, 1.54) is 5.56 Å². The number of amides is 1. The maximum Gasteiger partial charge on any atom is 0.274 e. The van der Waals surface area contributed by atoms with Gasteiger partial charge in [0.2, 0.25) is 0 Å². The third kappa shape index (κ3) is 2.41. The maximum absolute atomic E-state index is 12.6. The summed E-state index contributed by atoms with van der Waals surface area (Å²) in [5.74, 6) is -0.0242. The van der Waals surface area contributed by atoms with Crippen LogP contribution in [0.2, 0.25) is 0 Å². The van der Waals surface area contributed by atoms with E-state index in [2.05, 4.69) is 22.1 Å². The molecule has 4 heteroatoms. The summed E-state index contributed by atoms with van der Waals surface area (Å²) in [6.07, 6.45) is 5.25. The highest BCUT2D eigenvalue weighted by Crippen LogP contribution is 2.32. The van der Waals surface area contributed by atoms with Gasteiger partial charge in [0.15, 0.2) is 0 Å². The van der Waals surface area contributed by atoms with E-state index in [1.54, 1.807) is 12.4 Å². The molecule has 1 aliphatic heterocycles. The molecule has 1 fully saturated rings. The third-order valence-corrected chi connectivity index (χ3v) is 3.70. The van der Waals surface area contributed by atoms with Gasteiger partial charge in [-0.25, -0.2) is 4.98 Å². The zero-order valence-corrected chi connectivity index (χ0v) is 11.5. The van der Waals surface area contributed by atoms with Crippen molar-refractivity contribution in [1.82, 2.24) is 14.9 Å². The lowest BCUT2D eigenvalue weighted by Gasteiger charge is -2.24. The number of carbonyl (C=O) groups is 1. The van der Waals surface area contributed by atoms with Crippen molar-refractivity contribution in [2.45, 2.75) is 25.8 Å². The van der Waals surface area contributed by atoms with Crippen LogP contribution in [0.1, 0.15) is 40.6 Å². The molecule has 0 N–H and O–H groups in total. The van der Waals surface area contributed by atoms with Crippen LogP contribution >= 0.6 is 0 Å². The Morgan fingerprint density at radius 2 is 2.00 bits per heavy atom. The fraction of sp³-hybridized carbons (Fsp3) is 0.312. The summed E-state index contributed by atoms with van der Waals surface area (Å²) in [5.41, 5.74) is 2.44. The smallest absolute Gasteiger partial charge is 0.274 e. The molecule has 1 aromatic carbocycles. The average Bonchev–Trinajstić information content (AvgIpc) is 2.97. The largest absolute Gasteiger partial charge is 0.330 e. The van der Waals surface area contributed by atoms with Gasteiger partial charge in [0, 0.05) is 12.7 Å². The molecule has 0 unspecified atom stereocenters. The molecule has 0 aliphatic carbocycles. The van der Waals surface area contributed by atoms with Gasteiger partial charge in [0.05, 0.1) is 17.9 Å². The summed E-state index contributed by atoms with van der Waals surface area (Å²) >= 11 is 0. The van der Waals surface area contributed by atoms with Gasteiger partial charge in [-0.3, -0.25) is 9.78 Å². The van der Waals surface area contributed by atoms with Gasteiger partial charge in [-0.15, -0.1) is 0 Å². The zero-order chi connectivity index (χ0) is 13.9. The van der Waals surface area contributed by atoms with Crippen molar-refractivity contribution in [2.24, 2.45) is 0 Å². The molecular weight excluding hydrogens is 250 g/mol. The minimum absolute atomic E-state index is 0.0242. The molecule has 4 nitrogen and oxygen atoms in total. The van der Waals surface area contributed by atoms with Crippen molar-refractivity contribution >= 4 is 5.91 Å².